The van der Waals surface area contributed by atoms with Crippen LogP contribution in [0.4, 0.5) is 5.69 Å². The molecule has 1 aliphatic rings. The van der Waals surface area contributed by atoms with Gasteiger partial charge >= 0.3 is 10.2 Å². The van der Waals surface area contributed by atoms with E-state index in [1.54, 1.807) is 42.4 Å². The van der Waals surface area contributed by atoms with Gasteiger partial charge in [-0.3, -0.25) is 19.4 Å². The Bertz CT molecular complexity index is 1340. The van der Waals surface area contributed by atoms with E-state index in [-0.39, 0.29) is 24.7 Å². The van der Waals surface area contributed by atoms with Gasteiger partial charge in [-0.05, 0) is 36.2 Å². The van der Waals surface area contributed by atoms with Crippen molar-refractivity contribution in [3.05, 3.63) is 66.4 Å². The Morgan fingerprint density at radius 1 is 1.16 bits per heavy atom. The number of ether oxygens (including phenoxy) is 1. The molecule has 2 heterocycles. The summed E-state index contributed by atoms with van der Waals surface area (Å²) >= 11 is 0. The number of carbonyl (C=O) groups excluding carboxylic acids is 1. The van der Waals surface area contributed by atoms with Gasteiger partial charge in [-0.15, -0.1) is 0 Å². The van der Waals surface area contributed by atoms with Crippen molar-refractivity contribution in [1.82, 2.24) is 19.1 Å². The normalized spacial score (nSPS) is 17.2. The molecule has 3 aromatic rings. The summed E-state index contributed by atoms with van der Waals surface area (Å²) in [4.78, 5) is 21.4. The van der Waals surface area contributed by atoms with Crippen LogP contribution in [0.3, 0.4) is 0 Å². The molecule has 0 radical (unpaired) electrons. The van der Waals surface area contributed by atoms with Gasteiger partial charge in [0, 0.05) is 52.4 Å². The van der Waals surface area contributed by atoms with Crippen molar-refractivity contribution in [2.24, 2.45) is 0 Å². The first-order valence-corrected chi connectivity index (χ1v) is 13.5. The average molecular weight is 528 g/mol. The number of aliphatic hydroxyl groups is 1. The van der Waals surface area contributed by atoms with Crippen LogP contribution in [0, 0.1) is 0 Å². The smallest absolute Gasteiger partial charge is 0.301 e. The first kappa shape index (κ1) is 26.8. The molecule has 1 saturated heterocycles. The largest absolute Gasteiger partial charge is 0.483 e. The second-order valence-corrected chi connectivity index (χ2v) is 11.2. The molecule has 0 spiro atoms. The molecule has 2 N–H and O–H groups in total. The van der Waals surface area contributed by atoms with Crippen LogP contribution in [-0.2, 0) is 15.0 Å². The standard InChI is InChI=1S/C26H33N5O5S/c1-29(2)37(34,35)28-22-11-12-24(21-10-7-14-27-26(21)22)36-18-25(33)30(3)23(19-8-5-4-6-9-19)17-31-15-13-20(32)16-31/h4-12,14,20,23,28,32H,13,15-18H2,1-3H3/t20-,23+/m0/s1. The Balaban J connectivity index is 1.51. The van der Waals surface area contributed by atoms with E-state index in [0.29, 0.717) is 35.4 Å². The fourth-order valence-corrected chi connectivity index (χ4v) is 4.97. The van der Waals surface area contributed by atoms with Crippen molar-refractivity contribution in [2.45, 2.75) is 18.6 Å². The number of aromatic nitrogens is 1. The monoisotopic (exact) mass is 527 g/mol. The van der Waals surface area contributed by atoms with Gasteiger partial charge in [0.1, 0.15) is 5.75 Å². The number of aliphatic hydroxyl groups excluding tert-OH is 1. The third-order valence-electron chi connectivity index (χ3n) is 6.52. The number of β-amino-alcohol motifs (C(OH)–C–C–N with tert-alkyl or cyclic N) is 1. The van der Waals surface area contributed by atoms with E-state index in [1.165, 1.54) is 14.1 Å². The van der Waals surface area contributed by atoms with Gasteiger partial charge in [0.2, 0.25) is 0 Å². The lowest BCUT2D eigenvalue weighted by Gasteiger charge is -2.32. The Labute approximate surface area is 217 Å². The van der Waals surface area contributed by atoms with Crippen molar-refractivity contribution < 1.29 is 23.1 Å². The Morgan fingerprint density at radius 2 is 1.92 bits per heavy atom. The Morgan fingerprint density at radius 3 is 2.59 bits per heavy atom. The van der Waals surface area contributed by atoms with Crippen LogP contribution in [0.25, 0.3) is 10.9 Å². The quantitative estimate of drug-likeness (QED) is 0.415. The minimum Gasteiger partial charge on any atom is -0.483 e. The number of nitrogens with one attached hydrogen (secondary N) is 1. The summed E-state index contributed by atoms with van der Waals surface area (Å²) in [5.41, 5.74) is 1.74. The van der Waals surface area contributed by atoms with E-state index in [0.717, 1.165) is 22.8 Å². The number of anilines is 1. The molecule has 1 aliphatic heterocycles. The van der Waals surface area contributed by atoms with Gasteiger partial charge in [-0.2, -0.15) is 12.7 Å². The molecule has 1 fully saturated rings. The van der Waals surface area contributed by atoms with Crippen LogP contribution in [0.1, 0.15) is 18.0 Å². The molecule has 198 valence electrons. The van der Waals surface area contributed by atoms with E-state index in [4.69, 9.17) is 4.74 Å². The number of rotatable bonds is 10. The lowest BCUT2D eigenvalue weighted by atomic mass is 10.0. The first-order chi connectivity index (χ1) is 17.7. The van der Waals surface area contributed by atoms with E-state index < -0.39 is 10.2 Å². The molecular formula is C26H33N5O5S. The molecular weight excluding hydrogens is 494 g/mol. The minimum atomic E-state index is -3.72. The number of likely N-dealkylation sites (N-methyl/N-ethyl adjacent to an activating group) is 1. The number of hydrogen-bond acceptors (Lipinski definition) is 7. The van der Waals surface area contributed by atoms with Crippen molar-refractivity contribution in [3.8, 4) is 5.75 Å². The van der Waals surface area contributed by atoms with Crippen molar-refractivity contribution in [2.75, 3.05) is 52.1 Å². The number of benzene rings is 2. The predicted octanol–water partition coefficient (Wildman–Crippen LogP) is 2.10. The van der Waals surface area contributed by atoms with Crippen molar-refractivity contribution >= 4 is 32.7 Å². The maximum absolute atomic E-state index is 13.3. The minimum absolute atomic E-state index is 0.199. The molecule has 0 aliphatic carbocycles. The third-order valence-corrected chi connectivity index (χ3v) is 7.96. The highest BCUT2D eigenvalue weighted by Gasteiger charge is 2.28. The molecule has 2 aromatic carbocycles. The summed E-state index contributed by atoms with van der Waals surface area (Å²) in [6.45, 7) is 1.78. The fraction of sp³-hybridized carbons (Fsp3) is 0.385. The molecule has 0 saturated carbocycles. The lowest BCUT2D eigenvalue weighted by molar-refractivity contribution is -0.134. The highest BCUT2D eigenvalue weighted by atomic mass is 32.2. The molecule has 37 heavy (non-hydrogen) atoms. The van der Waals surface area contributed by atoms with E-state index in [9.17, 15) is 18.3 Å². The second-order valence-electron chi connectivity index (χ2n) is 9.32. The Kier molecular flexibility index (Phi) is 8.28. The maximum Gasteiger partial charge on any atom is 0.301 e. The molecule has 0 bridgehead atoms. The molecule has 10 nitrogen and oxygen atoms in total. The van der Waals surface area contributed by atoms with Crippen LogP contribution in [-0.4, -0.2) is 92.0 Å². The van der Waals surface area contributed by atoms with Gasteiger partial charge in [0.05, 0.1) is 23.3 Å². The molecule has 1 amide bonds. The molecule has 11 heteroatoms. The molecule has 2 atom stereocenters. The SMILES string of the molecule is CN(C(=O)COc1ccc(NS(=O)(=O)N(C)C)c2ncccc12)[C@H](CN1CC[C@H](O)C1)c1ccccc1. The average Bonchev–Trinajstić information content (AvgIpc) is 3.31. The highest BCUT2D eigenvalue weighted by molar-refractivity contribution is 7.90. The fourth-order valence-electron chi connectivity index (χ4n) is 4.35. The van der Waals surface area contributed by atoms with Crippen LogP contribution < -0.4 is 9.46 Å². The Hall–Kier alpha value is -3.25. The van der Waals surface area contributed by atoms with Gasteiger partial charge in [-0.1, -0.05) is 30.3 Å². The number of pyridine rings is 1. The van der Waals surface area contributed by atoms with Gasteiger partial charge in [-0.25, -0.2) is 0 Å². The van der Waals surface area contributed by atoms with Gasteiger partial charge < -0.3 is 14.7 Å². The third kappa shape index (κ3) is 6.37. The van der Waals surface area contributed by atoms with E-state index >= 15 is 0 Å². The predicted molar refractivity (Wildman–Crippen MR) is 142 cm³/mol. The second kappa shape index (κ2) is 11.4. The highest BCUT2D eigenvalue weighted by Crippen LogP contribution is 2.31. The zero-order valence-electron chi connectivity index (χ0n) is 21.2. The van der Waals surface area contributed by atoms with Crippen LogP contribution in [0.2, 0.25) is 0 Å². The molecule has 4 rings (SSSR count). The number of amides is 1. The van der Waals surface area contributed by atoms with Crippen molar-refractivity contribution in [1.29, 1.82) is 0 Å². The zero-order chi connectivity index (χ0) is 26.6. The number of hydrogen-bond donors (Lipinski definition) is 2. The van der Waals surface area contributed by atoms with Crippen molar-refractivity contribution in [3.63, 3.8) is 0 Å². The summed E-state index contributed by atoms with van der Waals surface area (Å²) in [7, 11) is 0.912. The topological polar surface area (TPSA) is 115 Å². The summed E-state index contributed by atoms with van der Waals surface area (Å²) in [5.74, 6) is 0.222. The number of nitrogens with zero attached hydrogens (tertiary/aromatic N) is 4. The summed E-state index contributed by atoms with van der Waals surface area (Å²) < 4.78 is 34.2. The molecule has 0 unspecified atom stereocenters. The van der Waals surface area contributed by atoms with Crippen LogP contribution in [0.5, 0.6) is 5.75 Å². The number of fused-ring (bicyclic) bond motifs is 1. The van der Waals surface area contributed by atoms with Crippen LogP contribution >= 0.6 is 0 Å². The van der Waals surface area contributed by atoms with Gasteiger partial charge in [0.15, 0.2) is 6.61 Å². The number of carbonyl (C=O) groups is 1. The summed E-state index contributed by atoms with van der Waals surface area (Å²) in [6.07, 6.45) is 1.95. The number of likely N-dealkylation sites (tertiary alicyclic amines) is 1. The first-order valence-electron chi connectivity index (χ1n) is 12.1. The lowest BCUT2D eigenvalue weighted by Crippen LogP contribution is -2.40. The van der Waals surface area contributed by atoms with E-state index in [2.05, 4.69) is 14.6 Å². The van der Waals surface area contributed by atoms with Gasteiger partial charge in [0.25, 0.3) is 5.91 Å². The van der Waals surface area contributed by atoms with E-state index in [1.807, 2.05) is 30.3 Å². The summed E-state index contributed by atoms with van der Waals surface area (Å²) in [5, 5.41) is 10.5. The summed E-state index contributed by atoms with van der Waals surface area (Å²) in [6, 6.07) is 16.3. The van der Waals surface area contributed by atoms with Crippen LogP contribution in [0.15, 0.2) is 60.8 Å². The zero-order valence-corrected chi connectivity index (χ0v) is 22.1. The maximum atomic E-state index is 13.3. The molecule has 1 aromatic heterocycles.